The molecule has 21 heavy (non-hydrogen) atoms. The van der Waals surface area contributed by atoms with E-state index < -0.39 is 10.7 Å². The van der Waals surface area contributed by atoms with E-state index in [1.807, 2.05) is 0 Å². The number of benzene rings is 1. The van der Waals surface area contributed by atoms with Crippen molar-refractivity contribution in [2.45, 2.75) is 39.5 Å². The number of anilines is 1. The summed E-state index contributed by atoms with van der Waals surface area (Å²) in [5, 5.41) is 13.8. The summed E-state index contributed by atoms with van der Waals surface area (Å²) in [5.74, 6) is -0.108. The largest absolute Gasteiger partial charge is 0.490 e. The Morgan fingerprint density at radius 2 is 2.14 bits per heavy atom. The molecule has 1 N–H and O–H groups in total. The van der Waals surface area contributed by atoms with E-state index in [4.69, 9.17) is 4.74 Å². The Kier molecular flexibility index (Phi) is 6.91. The molecule has 1 aromatic carbocycles. The molecular formula is C15H23FN2O3. The van der Waals surface area contributed by atoms with E-state index >= 15 is 0 Å². The van der Waals surface area contributed by atoms with Crippen LogP contribution in [0.15, 0.2) is 12.1 Å². The van der Waals surface area contributed by atoms with Crippen LogP contribution in [0.4, 0.5) is 15.8 Å². The lowest BCUT2D eigenvalue weighted by atomic mass is 9.99. The minimum absolute atomic E-state index is 0.0607. The highest BCUT2D eigenvalue weighted by molar-refractivity contribution is 5.59. The SMILES string of the molecule is CCCCC(CC)CNc1cc(OC)c([N+](=O)[O-])cc1F. The third kappa shape index (κ3) is 4.88. The molecule has 0 aliphatic rings. The molecule has 6 heteroatoms. The van der Waals surface area contributed by atoms with E-state index in [1.54, 1.807) is 0 Å². The van der Waals surface area contributed by atoms with Crippen LogP contribution in [0.25, 0.3) is 0 Å². The highest BCUT2D eigenvalue weighted by atomic mass is 19.1. The first-order chi connectivity index (χ1) is 10.0. The Morgan fingerprint density at radius 3 is 2.67 bits per heavy atom. The predicted octanol–water partition coefficient (Wildman–Crippen LogP) is 4.37. The van der Waals surface area contributed by atoms with Crippen molar-refractivity contribution >= 4 is 11.4 Å². The van der Waals surface area contributed by atoms with Crippen LogP contribution in [-0.2, 0) is 0 Å². The molecule has 0 amide bonds. The van der Waals surface area contributed by atoms with Crippen molar-refractivity contribution in [1.82, 2.24) is 0 Å². The van der Waals surface area contributed by atoms with Crippen molar-refractivity contribution in [2.75, 3.05) is 19.0 Å². The zero-order chi connectivity index (χ0) is 15.8. The van der Waals surface area contributed by atoms with E-state index in [0.717, 1.165) is 31.7 Å². The van der Waals surface area contributed by atoms with Crippen LogP contribution in [-0.4, -0.2) is 18.6 Å². The Balaban J connectivity index is 2.81. The molecule has 0 aliphatic carbocycles. The number of ether oxygens (including phenoxy) is 1. The molecule has 1 atom stereocenters. The molecular weight excluding hydrogens is 275 g/mol. The van der Waals surface area contributed by atoms with E-state index in [0.29, 0.717) is 12.5 Å². The van der Waals surface area contributed by atoms with Crippen molar-refractivity contribution in [2.24, 2.45) is 5.92 Å². The van der Waals surface area contributed by atoms with Gasteiger partial charge in [0.1, 0.15) is 0 Å². The highest BCUT2D eigenvalue weighted by Crippen LogP contribution is 2.32. The molecule has 0 saturated heterocycles. The molecule has 0 saturated carbocycles. The monoisotopic (exact) mass is 298 g/mol. The minimum atomic E-state index is -0.651. The maximum Gasteiger partial charge on any atom is 0.313 e. The summed E-state index contributed by atoms with van der Waals surface area (Å²) in [5.41, 5.74) is -0.119. The van der Waals surface area contributed by atoms with Crippen LogP contribution in [0.2, 0.25) is 0 Å². The quantitative estimate of drug-likeness (QED) is 0.543. The van der Waals surface area contributed by atoms with Gasteiger partial charge >= 0.3 is 5.69 Å². The van der Waals surface area contributed by atoms with Crippen molar-refractivity contribution in [3.05, 3.63) is 28.1 Å². The van der Waals surface area contributed by atoms with Crippen molar-refractivity contribution < 1.29 is 14.1 Å². The summed E-state index contributed by atoms with van der Waals surface area (Å²) in [6, 6.07) is 2.24. The van der Waals surface area contributed by atoms with Crippen LogP contribution >= 0.6 is 0 Å². The number of hydrogen-bond acceptors (Lipinski definition) is 4. The number of nitro groups is 1. The molecule has 0 spiro atoms. The van der Waals surface area contributed by atoms with E-state index in [9.17, 15) is 14.5 Å². The summed E-state index contributed by atoms with van der Waals surface area (Å²) in [6.07, 6.45) is 4.38. The Morgan fingerprint density at radius 1 is 1.43 bits per heavy atom. The van der Waals surface area contributed by atoms with Crippen LogP contribution in [0.1, 0.15) is 39.5 Å². The number of rotatable bonds is 9. The van der Waals surface area contributed by atoms with Gasteiger partial charge in [-0.05, 0) is 12.3 Å². The lowest BCUT2D eigenvalue weighted by Crippen LogP contribution is -2.14. The van der Waals surface area contributed by atoms with Crippen LogP contribution < -0.4 is 10.1 Å². The highest BCUT2D eigenvalue weighted by Gasteiger charge is 2.19. The molecule has 0 bridgehead atoms. The second kappa shape index (κ2) is 8.44. The Hall–Kier alpha value is -1.85. The number of nitrogens with one attached hydrogen (secondary N) is 1. The van der Waals surface area contributed by atoms with Gasteiger partial charge in [-0.3, -0.25) is 10.1 Å². The van der Waals surface area contributed by atoms with Gasteiger partial charge in [0.05, 0.1) is 23.8 Å². The van der Waals surface area contributed by atoms with Crippen LogP contribution in [0.5, 0.6) is 5.75 Å². The fraction of sp³-hybridized carbons (Fsp3) is 0.600. The normalized spacial score (nSPS) is 12.0. The summed E-state index contributed by atoms with van der Waals surface area (Å²) in [4.78, 5) is 10.2. The van der Waals surface area contributed by atoms with Gasteiger partial charge in [-0.2, -0.15) is 0 Å². The molecule has 5 nitrogen and oxygen atoms in total. The Bertz CT molecular complexity index is 480. The van der Waals surface area contributed by atoms with Gasteiger partial charge in [-0.25, -0.2) is 4.39 Å². The molecule has 1 rings (SSSR count). The second-order valence-electron chi connectivity index (χ2n) is 5.06. The van der Waals surface area contributed by atoms with Gasteiger partial charge in [0.15, 0.2) is 11.6 Å². The zero-order valence-corrected chi connectivity index (χ0v) is 12.8. The molecule has 118 valence electrons. The van der Waals surface area contributed by atoms with Crippen LogP contribution in [0, 0.1) is 21.8 Å². The summed E-state index contributed by atoms with van der Waals surface area (Å²) in [7, 11) is 1.33. The fourth-order valence-corrected chi connectivity index (χ4v) is 2.18. The topological polar surface area (TPSA) is 64.4 Å². The fourth-order valence-electron chi connectivity index (χ4n) is 2.18. The summed E-state index contributed by atoms with van der Waals surface area (Å²) in [6.45, 7) is 4.89. The Labute approximate surface area is 124 Å². The molecule has 0 radical (unpaired) electrons. The van der Waals surface area contributed by atoms with Crippen molar-refractivity contribution in [3.63, 3.8) is 0 Å². The first-order valence-electron chi connectivity index (χ1n) is 7.29. The number of methoxy groups -OCH3 is 1. The molecule has 0 fully saturated rings. The summed E-state index contributed by atoms with van der Waals surface area (Å²) >= 11 is 0. The number of nitro benzene ring substituents is 1. The standard InChI is InChI=1S/C15H23FN2O3/c1-4-6-7-11(5-2)10-17-13-9-15(21-3)14(18(19)20)8-12(13)16/h8-9,11,17H,4-7,10H2,1-3H3. The van der Waals surface area contributed by atoms with Gasteiger partial charge in [-0.15, -0.1) is 0 Å². The maximum atomic E-state index is 13.9. The predicted molar refractivity (Wildman–Crippen MR) is 81.4 cm³/mol. The smallest absolute Gasteiger partial charge is 0.313 e. The van der Waals surface area contributed by atoms with Gasteiger partial charge in [0, 0.05) is 12.6 Å². The zero-order valence-electron chi connectivity index (χ0n) is 12.8. The molecule has 0 heterocycles. The third-order valence-electron chi connectivity index (χ3n) is 3.59. The average molecular weight is 298 g/mol. The first-order valence-corrected chi connectivity index (χ1v) is 7.29. The number of halogens is 1. The molecule has 1 aromatic rings. The lowest BCUT2D eigenvalue weighted by Gasteiger charge is -2.17. The average Bonchev–Trinajstić information content (AvgIpc) is 2.48. The minimum Gasteiger partial charge on any atom is -0.490 e. The molecule has 0 aliphatic heterocycles. The first kappa shape index (κ1) is 17.2. The third-order valence-corrected chi connectivity index (χ3v) is 3.59. The van der Waals surface area contributed by atoms with Crippen molar-refractivity contribution in [3.8, 4) is 5.75 Å². The van der Waals surface area contributed by atoms with E-state index in [-0.39, 0.29) is 17.1 Å². The van der Waals surface area contributed by atoms with Gasteiger partial charge < -0.3 is 10.1 Å². The maximum absolute atomic E-state index is 13.9. The lowest BCUT2D eigenvalue weighted by molar-refractivity contribution is -0.385. The second-order valence-corrected chi connectivity index (χ2v) is 5.06. The van der Waals surface area contributed by atoms with E-state index in [1.165, 1.54) is 13.2 Å². The number of nitrogens with zero attached hydrogens (tertiary/aromatic N) is 1. The van der Waals surface area contributed by atoms with Gasteiger partial charge in [0.2, 0.25) is 0 Å². The van der Waals surface area contributed by atoms with Crippen LogP contribution in [0.3, 0.4) is 0 Å². The molecule has 0 aromatic heterocycles. The molecule has 1 unspecified atom stereocenters. The van der Waals surface area contributed by atoms with Gasteiger partial charge in [-0.1, -0.05) is 33.1 Å². The number of hydrogen-bond donors (Lipinski definition) is 1. The van der Waals surface area contributed by atoms with Gasteiger partial charge in [0.25, 0.3) is 0 Å². The van der Waals surface area contributed by atoms with E-state index in [2.05, 4.69) is 19.2 Å². The van der Waals surface area contributed by atoms with Crippen molar-refractivity contribution in [1.29, 1.82) is 0 Å². The number of unbranched alkanes of at least 4 members (excludes halogenated alkanes) is 1. The summed E-state index contributed by atoms with van der Waals surface area (Å²) < 4.78 is 18.9.